The molecule has 0 spiro atoms. The maximum atomic E-state index is 5.96. The van der Waals surface area contributed by atoms with Crippen molar-refractivity contribution in [1.29, 1.82) is 0 Å². The number of aryl methyl sites for hydroxylation is 1. The lowest BCUT2D eigenvalue weighted by Crippen LogP contribution is -2.08. The van der Waals surface area contributed by atoms with Crippen molar-refractivity contribution in [2.75, 3.05) is 13.6 Å². The van der Waals surface area contributed by atoms with Gasteiger partial charge >= 0.3 is 0 Å². The Kier molecular flexibility index (Phi) is 5.11. The first-order valence-electron chi connectivity index (χ1n) is 5.98. The average molecular weight is 282 g/mol. The molecule has 2 rings (SSSR count). The number of benzene rings is 1. The maximum Gasteiger partial charge on any atom is 0.121 e. The van der Waals surface area contributed by atoms with E-state index in [1.807, 2.05) is 25.2 Å². The largest absolute Gasteiger partial charge is 0.320 e. The molecule has 0 fully saturated rings. The lowest BCUT2D eigenvalue weighted by atomic mass is 10.2. The molecule has 2 aromatic rings. The first kappa shape index (κ1) is 13.5. The van der Waals surface area contributed by atoms with Gasteiger partial charge in [0.2, 0.25) is 0 Å². The molecule has 5 heteroatoms. The van der Waals surface area contributed by atoms with Gasteiger partial charge in [0.25, 0.3) is 0 Å². The molecule has 0 aliphatic rings. The molecule has 1 N–H and O–H groups in total. The standard InChI is InChI=1S/C13H16ClN3S/c1-15-7-3-6-12-16-17-13(18-12)9-10-4-2-5-11(14)8-10/h2,4-5,8,15H,3,6-7,9H2,1H3. The van der Waals surface area contributed by atoms with Crippen LogP contribution in [0.2, 0.25) is 5.02 Å². The molecule has 0 saturated heterocycles. The Morgan fingerprint density at radius 3 is 2.89 bits per heavy atom. The highest BCUT2D eigenvalue weighted by Crippen LogP contribution is 2.18. The molecule has 0 aliphatic carbocycles. The van der Waals surface area contributed by atoms with Crippen molar-refractivity contribution in [1.82, 2.24) is 15.5 Å². The van der Waals surface area contributed by atoms with Gasteiger partial charge in [-0.2, -0.15) is 0 Å². The zero-order valence-electron chi connectivity index (χ0n) is 10.3. The van der Waals surface area contributed by atoms with Gasteiger partial charge in [0.15, 0.2) is 0 Å². The number of halogens is 1. The van der Waals surface area contributed by atoms with Gasteiger partial charge in [0.05, 0.1) is 0 Å². The van der Waals surface area contributed by atoms with E-state index in [-0.39, 0.29) is 0 Å². The quantitative estimate of drug-likeness (QED) is 0.828. The molecule has 3 nitrogen and oxygen atoms in total. The zero-order chi connectivity index (χ0) is 12.8. The van der Waals surface area contributed by atoms with E-state index in [0.29, 0.717) is 0 Å². The minimum Gasteiger partial charge on any atom is -0.320 e. The van der Waals surface area contributed by atoms with Crippen molar-refractivity contribution in [3.8, 4) is 0 Å². The topological polar surface area (TPSA) is 37.8 Å². The van der Waals surface area contributed by atoms with E-state index in [1.165, 1.54) is 5.56 Å². The molecule has 96 valence electrons. The van der Waals surface area contributed by atoms with Crippen LogP contribution in [-0.4, -0.2) is 23.8 Å². The number of aromatic nitrogens is 2. The number of nitrogens with one attached hydrogen (secondary N) is 1. The summed E-state index contributed by atoms with van der Waals surface area (Å²) in [6.07, 6.45) is 2.90. The van der Waals surface area contributed by atoms with Crippen molar-refractivity contribution in [2.45, 2.75) is 19.3 Å². The van der Waals surface area contributed by atoms with Crippen molar-refractivity contribution in [3.63, 3.8) is 0 Å². The van der Waals surface area contributed by atoms with Crippen LogP contribution in [-0.2, 0) is 12.8 Å². The third kappa shape index (κ3) is 4.05. The number of hydrogen-bond donors (Lipinski definition) is 1. The maximum absolute atomic E-state index is 5.96. The second-order valence-electron chi connectivity index (χ2n) is 4.10. The number of rotatable bonds is 6. The molecule has 0 amide bonds. The minimum absolute atomic E-state index is 0.770. The molecule has 1 heterocycles. The summed E-state index contributed by atoms with van der Waals surface area (Å²) < 4.78 is 0. The molecule has 0 aliphatic heterocycles. The average Bonchev–Trinajstić information content (AvgIpc) is 2.77. The van der Waals surface area contributed by atoms with E-state index in [9.17, 15) is 0 Å². The zero-order valence-corrected chi connectivity index (χ0v) is 11.9. The van der Waals surface area contributed by atoms with Crippen LogP contribution in [0.1, 0.15) is 22.0 Å². The van der Waals surface area contributed by atoms with E-state index >= 15 is 0 Å². The van der Waals surface area contributed by atoms with E-state index in [4.69, 9.17) is 11.6 Å². The van der Waals surface area contributed by atoms with Crippen LogP contribution >= 0.6 is 22.9 Å². The van der Waals surface area contributed by atoms with Gasteiger partial charge in [-0.15, -0.1) is 21.5 Å². The van der Waals surface area contributed by atoms with Crippen molar-refractivity contribution >= 4 is 22.9 Å². The van der Waals surface area contributed by atoms with E-state index in [1.54, 1.807) is 11.3 Å². The first-order valence-corrected chi connectivity index (χ1v) is 7.17. The van der Waals surface area contributed by atoms with Crippen LogP contribution < -0.4 is 5.32 Å². The Balaban J connectivity index is 1.94. The fourth-order valence-electron chi connectivity index (χ4n) is 1.70. The molecule has 1 aromatic carbocycles. The number of hydrogen-bond acceptors (Lipinski definition) is 4. The Morgan fingerprint density at radius 1 is 1.28 bits per heavy atom. The van der Waals surface area contributed by atoms with Gasteiger partial charge in [-0.05, 0) is 37.7 Å². The Morgan fingerprint density at radius 2 is 2.11 bits per heavy atom. The van der Waals surface area contributed by atoms with Gasteiger partial charge < -0.3 is 5.32 Å². The smallest absolute Gasteiger partial charge is 0.121 e. The summed E-state index contributed by atoms with van der Waals surface area (Å²) in [6.45, 7) is 1.02. The summed E-state index contributed by atoms with van der Waals surface area (Å²) >= 11 is 7.65. The van der Waals surface area contributed by atoms with Crippen molar-refractivity contribution in [3.05, 3.63) is 44.9 Å². The molecular weight excluding hydrogens is 266 g/mol. The normalized spacial score (nSPS) is 10.8. The predicted octanol–water partition coefficient (Wildman–Crippen LogP) is 2.93. The SMILES string of the molecule is CNCCCc1nnc(Cc2cccc(Cl)c2)s1. The summed E-state index contributed by atoms with van der Waals surface area (Å²) in [4.78, 5) is 0. The van der Waals surface area contributed by atoms with Gasteiger partial charge in [0, 0.05) is 17.9 Å². The second-order valence-corrected chi connectivity index (χ2v) is 5.69. The lowest BCUT2D eigenvalue weighted by Gasteiger charge is -1.97. The molecule has 0 bridgehead atoms. The Hall–Kier alpha value is -0.970. The van der Waals surface area contributed by atoms with Gasteiger partial charge in [-0.3, -0.25) is 0 Å². The van der Waals surface area contributed by atoms with Crippen LogP contribution in [0.5, 0.6) is 0 Å². The Labute approximate surface area is 116 Å². The van der Waals surface area contributed by atoms with Crippen LogP contribution in [0.3, 0.4) is 0 Å². The van der Waals surface area contributed by atoms with Crippen molar-refractivity contribution in [2.24, 2.45) is 0 Å². The third-order valence-electron chi connectivity index (χ3n) is 2.57. The fourth-order valence-corrected chi connectivity index (χ4v) is 2.83. The summed E-state index contributed by atoms with van der Waals surface area (Å²) in [7, 11) is 1.96. The van der Waals surface area contributed by atoms with E-state index < -0.39 is 0 Å². The molecular formula is C13H16ClN3S. The minimum atomic E-state index is 0.770. The molecule has 18 heavy (non-hydrogen) atoms. The predicted molar refractivity (Wildman–Crippen MR) is 76.4 cm³/mol. The first-order chi connectivity index (χ1) is 8.78. The lowest BCUT2D eigenvalue weighted by molar-refractivity contribution is 0.717. The second kappa shape index (κ2) is 6.83. The molecule has 1 aromatic heterocycles. The number of nitrogens with zero attached hydrogens (tertiary/aromatic N) is 2. The van der Waals surface area contributed by atoms with Crippen LogP contribution in [0.15, 0.2) is 24.3 Å². The molecule has 0 saturated carbocycles. The molecule has 0 atom stereocenters. The highest BCUT2D eigenvalue weighted by Gasteiger charge is 2.05. The summed E-state index contributed by atoms with van der Waals surface area (Å²) in [5.41, 5.74) is 1.18. The highest BCUT2D eigenvalue weighted by molar-refractivity contribution is 7.11. The van der Waals surface area contributed by atoms with E-state index in [2.05, 4.69) is 21.6 Å². The van der Waals surface area contributed by atoms with Crippen LogP contribution in [0, 0.1) is 0 Å². The molecule has 0 radical (unpaired) electrons. The highest BCUT2D eigenvalue weighted by atomic mass is 35.5. The third-order valence-corrected chi connectivity index (χ3v) is 3.79. The van der Waals surface area contributed by atoms with Crippen LogP contribution in [0.25, 0.3) is 0 Å². The van der Waals surface area contributed by atoms with Crippen LogP contribution in [0.4, 0.5) is 0 Å². The summed E-state index contributed by atoms with van der Waals surface area (Å²) in [5, 5.41) is 14.5. The van der Waals surface area contributed by atoms with Gasteiger partial charge in [0.1, 0.15) is 10.0 Å². The Bertz CT molecular complexity index is 498. The van der Waals surface area contributed by atoms with Gasteiger partial charge in [-0.25, -0.2) is 0 Å². The summed E-state index contributed by atoms with van der Waals surface area (Å²) in [5.74, 6) is 0. The fraction of sp³-hybridized carbons (Fsp3) is 0.385. The van der Waals surface area contributed by atoms with E-state index in [0.717, 1.165) is 40.8 Å². The molecule has 0 unspecified atom stereocenters. The monoisotopic (exact) mass is 281 g/mol. The van der Waals surface area contributed by atoms with Crippen molar-refractivity contribution < 1.29 is 0 Å². The van der Waals surface area contributed by atoms with Gasteiger partial charge in [-0.1, -0.05) is 23.7 Å². The summed E-state index contributed by atoms with van der Waals surface area (Å²) in [6, 6.07) is 7.89.